The summed E-state index contributed by atoms with van der Waals surface area (Å²) < 4.78 is 38.6. The molecule has 0 spiro atoms. The Hall–Kier alpha value is -2.68. The molecule has 3 rings (SSSR count). The van der Waals surface area contributed by atoms with Crippen LogP contribution in [0.1, 0.15) is 37.3 Å². The first-order valence-corrected chi connectivity index (χ1v) is 12.0. The van der Waals surface area contributed by atoms with E-state index in [2.05, 4.69) is 4.72 Å². The monoisotopic (exact) mass is 477 g/mol. The first-order chi connectivity index (χ1) is 15.1. The number of hydrogen-bond donors (Lipinski definition) is 1. The maximum absolute atomic E-state index is 12.9. The van der Waals surface area contributed by atoms with Crippen LogP contribution in [0.25, 0.3) is 11.0 Å². The molecule has 170 valence electrons. The molecule has 1 heterocycles. The van der Waals surface area contributed by atoms with Gasteiger partial charge in [0.05, 0.1) is 9.92 Å². The highest BCUT2D eigenvalue weighted by atomic mass is 35.5. The summed E-state index contributed by atoms with van der Waals surface area (Å²) in [5.41, 5.74) is 1.26. The Labute approximate surface area is 191 Å². The lowest BCUT2D eigenvalue weighted by atomic mass is 10.1. The first-order valence-electron chi connectivity index (χ1n) is 10.2. The van der Waals surface area contributed by atoms with Crippen LogP contribution in [0.5, 0.6) is 5.75 Å². The van der Waals surface area contributed by atoms with Crippen LogP contribution in [0.15, 0.2) is 56.6 Å². The van der Waals surface area contributed by atoms with E-state index in [1.54, 1.807) is 19.1 Å². The molecule has 2 aromatic carbocycles. The minimum Gasteiger partial charge on any atom is -0.424 e. The van der Waals surface area contributed by atoms with Crippen LogP contribution in [-0.4, -0.2) is 20.4 Å². The number of rotatable bonds is 8. The number of carbonyl (C=O) groups excluding carboxylic acids is 1. The Morgan fingerprint density at radius 3 is 2.50 bits per heavy atom. The van der Waals surface area contributed by atoms with Gasteiger partial charge in [-0.1, -0.05) is 49.1 Å². The Balaban J connectivity index is 1.88. The van der Waals surface area contributed by atoms with E-state index < -0.39 is 27.7 Å². The average Bonchev–Trinajstić information content (AvgIpc) is 2.72. The summed E-state index contributed by atoms with van der Waals surface area (Å²) in [5.74, 6) is -0.820. The predicted octanol–water partition coefficient (Wildman–Crippen LogP) is 4.51. The highest BCUT2D eigenvalue weighted by molar-refractivity contribution is 7.89. The molecule has 0 saturated carbocycles. The molecule has 0 radical (unpaired) electrons. The van der Waals surface area contributed by atoms with Crippen molar-refractivity contribution < 1.29 is 22.4 Å². The number of sulfonamides is 1. The van der Waals surface area contributed by atoms with E-state index in [1.807, 2.05) is 13.8 Å². The Kier molecular flexibility index (Phi) is 7.38. The van der Waals surface area contributed by atoms with Gasteiger partial charge in [-0.25, -0.2) is 18.0 Å². The third kappa shape index (κ3) is 5.56. The van der Waals surface area contributed by atoms with Crippen LogP contribution in [-0.2, 0) is 14.8 Å². The van der Waals surface area contributed by atoms with E-state index in [-0.39, 0.29) is 27.7 Å². The third-order valence-corrected chi connectivity index (χ3v) is 6.76. The number of aryl methyl sites for hydroxylation is 2. The van der Waals surface area contributed by atoms with Crippen LogP contribution in [0.4, 0.5) is 0 Å². The number of ether oxygens (including phenoxy) is 1. The largest absolute Gasteiger partial charge is 0.424 e. The van der Waals surface area contributed by atoms with Crippen molar-refractivity contribution in [1.82, 2.24) is 4.72 Å². The van der Waals surface area contributed by atoms with Crippen molar-refractivity contribution in [3.8, 4) is 5.75 Å². The van der Waals surface area contributed by atoms with Crippen molar-refractivity contribution >= 4 is 38.6 Å². The topological polar surface area (TPSA) is 103 Å². The van der Waals surface area contributed by atoms with Crippen molar-refractivity contribution in [1.29, 1.82) is 0 Å². The van der Waals surface area contributed by atoms with Crippen LogP contribution in [0, 0.1) is 13.8 Å². The lowest BCUT2D eigenvalue weighted by Crippen LogP contribution is -2.43. The Bertz CT molecular complexity index is 1300. The fourth-order valence-electron chi connectivity index (χ4n) is 3.18. The maximum atomic E-state index is 12.9. The Morgan fingerprint density at radius 1 is 1.16 bits per heavy atom. The van der Waals surface area contributed by atoms with Crippen LogP contribution in [0.2, 0.25) is 5.02 Å². The summed E-state index contributed by atoms with van der Waals surface area (Å²) in [7, 11) is -3.94. The van der Waals surface area contributed by atoms with Crippen LogP contribution >= 0.6 is 11.6 Å². The predicted molar refractivity (Wildman–Crippen MR) is 123 cm³/mol. The zero-order valence-electron chi connectivity index (χ0n) is 18.0. The van der Waals surface area contributed by atoms with Gasteiger partial charge in [0.15, 0.2) is 5.75 Å². The van der Waals surface area contributed by atoms with Gasteiger partial charge in [0.1, 0.15) is 11.6 Å². The van der Waals surface area contributed by atoms with Gasteiger partial charge in [0.2, 0.25) is 10.0 Å². The standard InChI is InChI=1S/C23H24ClNO6S/c1-4-5-6-19(25-32(28,29)16-9-7-14(2)8-10-16)23(27)31-21-13-20-17(12-18(21)24)15(3)11-22(26)30-20/h7-13,19,25H,4-6H2,1-3H3. The van der Waals surface area contributed by atoms with Gasteiger partial charge >= 0.3 is 11.6 Å². The molecule has 1 aromatic heterocycles. The SMILES string of the molecule is CCCCC(NS(=O)(=O)c1ccc(C)cc1)C(=O)Oc1cc2oc(=O)cc(C)c2cc1Cl. The van der Waals surface area contributed by atoms with Crippen molar-refractivity contribution in [2.45, 2.75) is 51.0 Å². The lowest BCUT2D eigenvalue weighted by Gasteiger charge is -2.18. The molecular weight excluding hydrogens is 454 g/mol. The van der Waals surface area contributed by atoms with E-state index in [0.717, 1.165) is 12.0 Å². The summed E-state index contributed by atoms with van der Waals surface area (Å²) in [6, 6.07) is 9.43. The molecule has 0 aliphatic rings. The van der Waals surface area contributed by atoms with E-state index in [0.29, 0.717) is 17.4 Å². The highest BCUT2D eigenvalue weighted by Gasteiger charge is 2.27. The molecule has 9 heteroatoms. The molecule has 1 unspecified atom stereocenters. The number of nitrogens with one attached hydrogen (secondary N) is 1. The molecule has 0 saturated heterocycles. The van der Waals surface area contributed by atoms with Gasteiger partial charge in [0.25, 0.3) is 0 Å². The van der Waals surface area contributed by atoms with Crippen molar-refractivity contribution in [2.75, 3.05) is 0 Å². The molecule has 1 N–H and O–H groups in total. The molecule has 0 bridgehead atoms. The summed E-state index contributed by atoms with van der Waals surface area (Å²) in [4.78, 5) is 24.6. The van der Waals surface area contributed by atoms with Gasteiger partial charge in [-0.2, -0.15) is 4.72 Å². The minimum absolute atomic E-state index is 0.0195. The summed E-state index contributed by atoms with van der Waals surface area (Å²) in [6.45, 7) is 5.52. The van der Waals surface area contributed by atoms with Crippen LogP contribution < -0.4 is 15.1 Å². The molecule has 0 aliphatic carbocycles. The summed E-state index contributed by atoms with van der Waals surface area (Å²) in [5, 5.41) is 0.746. The van der Waals surface area contributed by atoms with E-state index in [1.165, 1.54) is 30.3 Å². The third-order valence-electron chi connectivity index (χ3n) is 4.97. The van der Waals surface area contributed by atoms with Gasteiger partial charge in [-0.3, -0.25) is 0 Å². The fourth-order valence-corrected chi connectivity index (χ4v) is 4.60. The molecule has 1 atom stereocenters. The number of fused-ring (bicyclic) bond motifs is 1. The molecule has 0 amide bonds. The maximum Gasteiger partial charge on any atom is 0.336 e. The van der Waals surface area contributed by atoms with Gasteiger partial charge in [-0.05, 0) is 44.0 Å². The van der Waals surface area contributed by atoms with Crippen LogP contribution in [0.3, 0.4) is 0 Å². The first kappa shape index (κ1) is 24.0. The van der Waals surface area contributed by atoms with Gasteiger partial charge in [0, 0.05) is 17.5 Å². The number of hydrogen-bond acceptors (Lipinski definition) is 6. The van der Waals surface area contributed by atoms with E-state index in [4.69, 9.17) is 20.8 Å². The Morgan fingerprint density at radius 2 is 1.84 bits per heavy atom. The van der Waals surface area contributed by atoms with Crippen molar-refractivity contribution in [3.05, 3.63) is 69.0 Å². The summed E-state index contributed by atoms with van der Waals surface area (Å²) >= 11 is 6.28. The molecule has 32 heavy (non-hydrogen) atoms. The highest BCUT2D eigenvalue weighted by Crippen LogP contribution is 2.31. The number of carbonyl (C=O) groups is 1. The van der Waals surface area contributed by atoms with Crippen molar-refractivity contribution in [2.24, 2.45) is 0 Å². The normalized spacial score (nSPS) is 12.6. The second-order valence-electron chi connectivity index (χ2n) is 7.58. The minimum atomic E-state index is -3.94. The lowest BCUT2D eigenvalue weighted by molar-refractivity contribution is -0.136. The second-order valence-corrected chi connectivity index (χ2v) is 9.70. The summed E-state index contributed by atoms with van der Waals surface area (Å²) in [6.07, 6.45) is 1.62. The smallest absolute Gasteiger partial charge is 0.336 e. The molecular formula is C23H24ClNO6S. The second kappa shape index (κ2) is 9.85. The zero-order valence-corrected chi connectivity index (χ0v) is 19.5. The van der Waals surface area contributed by atoms with Crippen molar-refractivity contribution in [3.63, 3.8) is 0 Å². The molecule has 3 aromatic rings. The number of esters is 1. The average molecular weight is 478 g/mol. The zero-order chi connectivity index (χ0) is 23.5. The number of halogens is 1. The molecule has 0 aliphatic heterocycles. The molecule has 0 fully saturated rings. The quantitative estimate of drug-likeness (QED) is 0.291. The fraction of sp³-hybridized carbons (Fsp3) is 0.304. The van der Waals surface area contributed by atoms with E-state index >= 15 is 0 Å². The number of benzene rings is 2. The molecule has 7 nitrogen and oxygen atoms in total. The van der Waals surface area contributed by atoms with Gasteiger partial charge in [-0.15, -0.1) is 0 Å². The van der Waals surface area contributed by atoms with E-state index in [9.17, 15) is 18.0 Å². The van der Waals surface area contributed by atoms with Gasteiger partial charge < -0.3 is 9.15 Å². The number of unbranched alkanes of at least 4 members (excludes halogenated alkanes) is 1.